The fraction of sp³-hybridized carbons (Fsp3) is 0.500. The number of halogens is 1. The van der Waals surface area contributed by atoms with E-state index in [2.05, 4.69) is 0 Å². The van der Waals surface area contributed by atoms with Gasteiger partial charge in [-0.25, -0.2) is 12.8 Å². The fourth-order valence-corrected chi connectivity index (χ4v) is 3.34. The number of hydrogen-bond acceptors (Lipinski definition) is 3. The Morgan fingerprint density at radius 1 is 1.22 bits per heavy atom. The molecule has 0 aliphatic heterocycles. The second kappa shape index (κ2) is 6.15. The van der Waals surface area contributed by atoms with Gasteiger partial charge in [0.25, 0.3) is 0 Å². The van der Waals surface area contributed by atoms with Crippen molar-refractivity contribution in [2.75, 3.05) is 18.8 Å². The average molecular weight is 274 g/mol. The molecule has 0 fully saturated rings. The number of nitrogens with two attached hydrogens (primary N) is 1. The topological polar surface area (TPSA) is 63.4 Å². The molecule has 0 radical (unpaired) electrons. The van der Waals surface area contributed by atoms with Crippen LogP contribution in [0.15, 0.2) is 23.1 Å². The number of nitrogen functional groups attached to an aromatic ring is 1. The third-order valence-corrected chi connectivity index (χ3v) is 4.45. The SMILES string of the molecule is CCCN(CCC)S(=O)(=O)c1ccc(F)c(N)c1. The zero-order chi connectivity index (χ0) is 13.8. The quantitative estimate of drug-likeness (QED) is 0.809. The van der Waals surface area contributed by atoms with Gasteiger partial charge in [-0.05, 0) is 31.0 Å². The zero-order valence-electron chi connectivity index (χ0n) is 10.7. The molecule has 0 unspecified atom stereocenters. The van der Waals surface area contributed by atoms with Gasteiger partial charge in [0.2, 0.25) is 10.0 Å². The van der Waals surface area contributed by atoms with E-state index in [1.807, 2.05) is 13.8 Å². The summed E-state index contributed by atoms with van der Waals surface area (Å²) in [6, 6.07) is 3.50. The maximum absolute atomic E-state index is 13.1. The largest absolute Gasteiger partial charge is 0.396 e. The van der Waals surface area contributed by atoms with E-state index < -0.39 is 15.8 Å². The van der Waals surface area contributed by atoms with Crippen LogP contribution < -0.4 is 5.73 Å². The molecule has 0 aliphatic rings. The first-order valence-electron chi connectivity index (χ1n) is 5.98. The van der Waals surface area contributed by atoms with Gasteiger partial charge in [0.05, 0.1) is 10.6 Å². The first kappa shape index (κ1) is 14.9. The van der Waals surface area contributed by atoms with Crippen LogP contribution in [0.3, 0.4) is 0 Å². The predicted molar refractivity (Wildman–Crippen MR) is 70.2 cm³/mol. The molecule has 1 aromatic carbocycles. The van der Waals surface area contributed by atoms with Crippen LogP contribution >= 0.6 is 0 Å². The van der Waals surface area contributed by atoms with Crippen LogP contribution in [0.25, 0.3) is 0 Å². The Labute approximate surface area is 108 Å². The lowest BCUT2D eigenvalue weighted by molar-refractivity contribution is 0.410. The monoisotopic (exact) mass is 274 g/mol. The Kier molecular flexibility index (Phi) is 5.10. The van der Waals surface area contributed by atoms with E-state index in [0.29, 0.717) is 13.1 Å². The summed E-state index contributed by atoms with van der Waals surface area (Å²) in [5.74, 6) is -0.605. The molecule has 0 saturated heterocycles. The van der Waals surface area contributed by atoms with Gasteiger partial charge >= 0.3 is 0 Å². The van der Waals surface area contributed by atoms with Crippen LogP contribution in [-0.2, 0) is 10.0 Å². The van der Waals surface area contributed by atoms with Crippen molar-refractivity contribution in [1.29, 1.82) is 0 Å². The molecule has 0 amide bonds. The lowest BCUT2D eigenvalue weighted by Crippen LogP contribution is -2.32. The van der Waals surface area contributed by atoms with Gasteiger partial charge < -0.3 is 5.73 Å². The van der Waals surface area contributed by atoms with Gasteiger partial charge in [-0.3, -0.25) is 0 Å². The number of rotatable bonds is 6. The Balaban J connectivity index is 3.13. The Bertz CT molecular complexity index is 497. The summed E-state index contributed by atoms with van der Waals surface area (Å²) in [6.45, 7) is 4.73. The number of hydrogen-bond donors (Lipinski definition) is 1. The Morgan fingerprint density at radius 3 is 2.22 bits per heavy atom. The van der Waals surface area contributed by atoms with Crippen molar-refractivity contribution in [3.8, 4) is 0 Å². The molecule has 6 heteroatoms. The van der Waals surface area contributed by atoms with Gasteiger partial charge in [-0.2, -0.15) is 4.31 Å². The van der Waals surface area contributed by atoms with E-state index in [4.69, 9.17) is 5.73 Å². The van der Waals surface area contributed by atoms with E-state index in [9.17, 15) is 12.8 Å². The van der Waals surface area contributed by atoms with Crippen LogP contribution in [0.4, 0.5) is 10.1 Å². The number of anilines is 1. The minimum Gasteiger partial charge on any atom is -0.396 e. The molecule has 0 saturated carbocycles. The minimum atomic E-state index is -3.58. The predicted octanol–water partition coefficient (Wildman–Crippen LogP) is 2.22. The molecule has 2 N–H and O–H groups in total. The second-order valence-corrected chi connectivity index (χ2v) is 6.03. The molecule has 18 heavy (non-hydrogen) atoms. The van der Waals surface area contributed by atoms with Crippen LogP contribution in [0.2, 0.25) is 0 Å². The fourth-order valence-electron chi connectivity index (χ4n) is 1.68. The first-order chi connectivity index (χ1) is 8.43. The molecule has 1 rings (SSSR count). The maximum atomic E-state index is 13.1. The van der Waals surface area contributed by atoms with Gasteiger partial charge in [0.1, 0.15) is 5.82 Å². The van der Waals surface area contributed by atoms with Crippen LogP contribution in [0.5, 0.6) is 0 Å². The van der Waals surface area contributed by atoms with Crippen molar-refractivity contribution >= 4 is 15.7 Å². The van der Waals surface area contributed by atoms with Crippen molar-refractivity contribution in [3.63, 3.8) is 0 Å². The maximum Gasteiger partial charge on any atom is 0.243 e. The molecule has 0 aromatic heterocycles. The number of nitrogens with zero attached hydrogens (tertiary/aromatic N) is 1. The second-order valence-electron chi connectivity index (χ2n) is 4.09. The highest BCUT2D eigenvalue weighted by molar-refractivity contribution is 7.89. The molecule has 1 aromatic rings. The van der Waals surface area contributed by atoms with Gasteiger partial charge in [-0.1, -0.05) is 13.8 Å². The average Bonchev–Trinajstić information content (AvgIpc) is 2.32. The van der Waals surface area contributed by atoms with Crippen molar-refractivity contribution < 1.29 is 12.8 Å². The summed E-state index contributed by atoms with van der Waals surface area (Å²) in [5.41, 5.74) is 5.26. The third-order valence-electron chi connectivity index (χ3n) is 2.55. The van der Waals surface area contributed by atoms with Gasteiger partial charge in [-0.15, -0.1) is 0 Å². The van der Waals surface area contributed by atoms with Crippen LogP contribution in [0.1, 0.15) is 26.7 Å². The summed E-state index contributed by atoms with van der Waals surface area (Å²) >= 11 is 0. The number of sulfonamides is 1. The zero-order valence-corrected chi connectivity index (χ0v) is 11.5. The minimum absolute atomic E-state index is 0.0447. The summed E-state index contributed by atoms with van der Waals surface area (Å²) in [7, 11) is -3.58. The number of benzene rings is 1. The molecular formula is C12H19FN2O2S. The van der Waals surface area contributed by atoms with E-state index in [1.165, 1.54) is 16.4 Å². The highest BCUT2D eigenvalue weighted by Gasteiger charge is 2.23. The van der Waals surface area contributed by atoms with E-state index >= 15 is 0 Å². The van der Waals surface area contributed by atoms with Crippen molar-refractivity contribution in [1.82, 2.24) is 4.31 Å². The normalized spacial score (nSPS) is 12.0. The molecule has 4 nitrogen and oxygen atoms in total. The van der Waals surface area contributed by atoms with Crippen molar-refractivity contribution in [3.05, 3.63) is 24.0 Å². The molecule has 0 atom stereocenters. The van der Waals surface area contributed by atoms with Crippen LogP contribution in [-0.4, -0.2) is 25.8 Å². The summed E-state index contributed by atoms with van der Waals surface area (Å²) in [5, 5.41) is 0. The molecular weight excluding hydrogens is 255 g/mol. The lowest BCUT2D eigenvalue weighted by atomic mass is 10.3. The van der Waals surface area contributed by atoms with Gasteiger partial charge in [0.15, 0.2) is 0 Å². The highest BCUT2D eigenvalue weighted by atomic mass is 32.2. The smallest absolute Gasteiger partial charge is 0.243 e. The van der Waals surface area contributed by atoms with Gasteiger partial charge in [0, 0.05) is 13.1 Å². The first-order valence-corrected chi connectivity index (χ1v) is 7.42. The molecule has 0 aliphatic carbocycles. The molecule has 0 bridgehead atoms. The Hall–Kier alpha value is -1.14. The van der Waals surface area contributed by atoms with Crippen molar-refractivity contribution in [2.45, 2.75) is 31.6 Å². The third kappa shape index (κ3) is 3.20. The Morgan fingerprint density at radius 2 is 1.78 bits per heavy atom. The summed E-state index contributed by atoms with van der Waals surface area (Å²) < 4.78 is 39.1. The van der Waals surface area contributed by atoms with E-state index in [-0.39, 0.29) is 10.6 Å². The van der Waals surface area contributed by atoms with E-state index in [0.717, 1.165) is 18.9 Å². The standard InChI is InChI=1S/C12H19FN2O2S/c1-3-7-15(8-4-2)18(16,17)10-5-6-11(13)12(14)9-10/h5-6,9H,3-4,7-8,14H2,1-2H3. The van der Waals surface area contributed by atoms with E-state index in [1.54, 1.807) is 0 Å². The summed E-state index contributed by atoms with van der Waals surface area (Å²) in [6.07, 6.45) is 1.46. The molecule has 102 valence electrons. The summed E-state index contributed by atoms with van der Waals surface area (Å²) in [4.78, 5) is 0.0447. The highest BCUT2D eigenvalue weighted by Crippen LogP contribution is 2.20. The lowest BCUT2D eigenvalue weighted by Gasteiger charge is -2.21. The molecule has 0 heterocycles. The van der Waals surface area contributed by atoms with Crippen molar-refractivity contribution in [2.24, 2.45) is 0 Å². The van der Waals surface area contributed by atoms with Crippen LogP contribution in [0, 0.1) is 5.82 Å². The molecule has 0 spiro atoms.